The third kappa shape index (κ3) is 3.46. The third-order valence-corrected chi connectivity index (χ3v) is 4.17. The number of nitrogens with one attached hydrogen (secondary N) is 1. The number of thiazole rings is 1. The fourth-order valence-electron chi connectivity index (χ4n) is 1.66. The van der Waals surface area contributed by atoms with Gasteiger partial charge in [0.05, 0.1) is 12.4 Å². The number of aliphatic hydroxyl groups excluding tert-OH is 1. The molecule has 5 nitrogen and oxygen atoms in total. The zero-order chi connectivity index (χ0) is 14.5. The third-order valence-electron chi connectivity index (χ3n) is 3.28. The van der Waals surface area contributed by atoms with Crippen LogP contribution in [0.25, 0.3) is 10.6 Å². The molecule has 2 N–H and O–H groups in total. The van der Waals surface area contributed by atoms with Gasteiger partial charge in [-0.1, -0.05) is 20.3 Å². The minimum absolute atomic E-state index is 0.159. The molecule has 0 bridgehead atoms. The van der Waals surface area contributed by atoms with Gasteiger partial charge in [-0.05, 0) is 12.0 Å². The Morgan fingerprint density at radius 2 is 2.40 bits per heavy atom. The Balaban J connectivity index is 1.93. The van der Waals surface area contributed by atoms with Crippen molar-refractivity contribution in [3.8, 4) is 10.6 Å². The summed E-state index contributed by atoms with van der Waals surface area (Å²) >= 11 is 1.39. The molecule has 0 aliphatic heterocycles. The van der Waals surface area contributed by atoms with Crippen molar-refractivity contribution in [1.82, 2.24) is 10.3 Å². The Morgan fingerprint density at radius 1 is 1.60 bits per heavy atom. The first-order valence-electron chi connectivity index (χ1n) is 6.56. The monoisotopic (exact) mass is 294 g/mol. The van der Waals surface area contributed by atoms with Crippen LogP contribution in [0.1, 0.15) is 30.8 Å². The van der Waals surface area contributed by atoms with Gasteiger partial charge in [0.25, 0.3) is 5.91 Å². The Bertz CT molecular complexity index is 551. The van der Waals surface area contributed by atoms with Crippen molar-refractivity contribution in [2.24, 2.45) is 5.92 Å². The molecule has 0 aliphatic rings. The molecule has 0 saturated heterocycles. The number of carbonyl (C=O) groups is 1. The van der Waals surface area contributed by atoms with Gasteiger partial charge in [0.15, 0.2) is 0 Å². The van der Waals surface area contributed by atoms with Gasteiger partial charge in [0, 0.05) is 17.5 Å². The van der Waals surface area contributed by atoms with E-state index in [4.69, 9.17) is 4.42 Å². The fraction of sp³-hybridized carbons (Fsp3) is 0.429. The van der Waals surface area contributed by atoms with Crippen LogP contribution in [0.5, 0.6) is 0 Å². The van der Waals surface area contributed by atoms with Gasteiger partial charge in [-0.25, -0.2) is 4.98 Å². The van der Waals surface area contributed by atoms with Gasteiger partial charge >= 0.3 is 0 Å². The molecule has 0 fully saturated rings. The highest BCUT2D eigenvalue weighted by Gasteiger charge is 2.16. The predicted molar refractivity (Wildman–Crippen MR) is 77.6 cm³/mol. The fourth-order valence-corrected chi connectivity index (χ4v) is 2.44. The molecule has 0 saturated carbocycles. The molecule has 2 rings (SSSR count). The average molecular weight is 294 g/mol. The molecule has 2 atom stereocenters. The van der Waals surface area contributed by atoms with Crippen LogP contribution in [0, 0.1) is 5.92 Å². The van der Waals surface area contributed by atoms with Crippen molar-refractivity contribution in [1.29, 1.82) is 0 Å². The number of amides is 1. The number of nitrogens with zero attached hydrogens (tertiary/aromatic N) is 1. The second-order valence-electron chi connectivity index (χ2n) is 4.71. The van der Waals surface area contributed by atoms with Crippen LogP contribution in [-0.4, -0.2) is 28.6 Å². The molecule has 2 unspecified atom stereocenters. The molecule has 0 spiro atoms. The van der Waals surface area contributed by atoms with E-state index in [1.807, 2.05) is 13.8 Å². The van der Waals surface area contributed by atoms with E-state index in [1.54, 1.807) is 24.0 Å². The largest absolute Gasteiger partial charge is 0.472 e. The molecule has 108 valence electrons. The van der Waals surface area contributed by atoms with Crippen molar-refractivity contribution >= 4 is 17.2 Å². The molecular formula is C14H18N2O3S. The van der Waals surface area contributed by atoms with Gasteiger partial charge in [-0.15, -0.1) is 11.3 Å². The summed E-state index contributed by atoms with van der Waals surface area (Å²) in [7, 11) is 0. The standard InChI is InChI=1S/C14H18N2O3S/c1-3-9(2)12(17)6-15-13(18)11-8-20-14(16-11)10-4-5-19-7-10/h4-5,7-9,12,17H,3,6H2,1-2H3,(H,15,18). The summed E-state index contributed by atoms with van der Waals surface area (Å²) in [6.07, 6.45) is 3.50. The van der Waals surface area contributed by atoms with E-state index in [1.165, 1.54) is 11.3 Å². The maximum absolute atomic E-state index is 11.9. The van der Waals surface area contributed by atoms with Gasteiger partial charge in [0.1, 0.15) is 17.0 Å². The molecule has 2 heterocycles. The number of carbonyl (C=O) groups excluding carboxylic acids is 1. The predicted octanol–water partition coefficient (Wildman–Crippen LogP) is 2.54. The number of furan rings is 1. The van der Waals surface area contributed by atoms with Crippen molar-refractivity contribution in [3.05, 3.63) is 29.7 Å². The molecule has 0 aliphatic carbocycles. The summed E-state index contributed by atoms with van der Waals surface area (Å²) in [6.45, 7) is 4.20. The Labute approximate surface area is 121 Å². The van der Waals surface area contributed by atoms with E-state index in [0.717, 1.165) is 17.0 Å². The van der Waals surface area contributed by atoms with Crippen molar-refractivity contribution in [2.75, 3.05) is 6.54 Å². The SMILES string of the molecule is CCC(C)C(O)CNC(=O)c1csc(-c2ccoc2)n1. The highest BCUT2D eigenvalue weighted by molar-refractivity contribution is 7.13. The zero-order valence-corrected chi connectivity index (χ0v) is 12.3. The summed E-state index contributed by atoms with van der Waals surface area (Å²) < 4.78 is 4.99. The maximum atomic E-state index is 11.9. The quantitative estimate of drug-likeness (QED) is 0.858. The van der Waals surface area contributed by atoms with Gasteiger partial charge in [0.2, 0.25) is 0 Å². The molecule has 1 amide bonds. The Morgan fingerprint density at radius 3 is 3.05 bits per heavy atom. The highest BCUT2D eigenvalue weighted by atomic mass is 32.1. The van der Waals surface area contributed by atoms with Crippen LogP contribution in [-0.2, 0) is 0 Å². The molecule has 2 aromatic heterocycles. The normalized spacial score (nSPS) is 13.9. The van der Waals surface area contributed by atoms with Gasteiger partial charge in [-0.3, -0.25) is 4.79 Å². The smallest absolute Gasteiger partial charge is 0.270 e. The maximum Gasteiger partial charge on any atom is 0.270 e. The molecule has 20 heavy (non-hydrogen) atoms. The van der Waals surface area contributed by atoms with Crippen LogP contribution < -0.4 is 5.32 Å². The molecule has 0 aromatic carbocycles. The first kappa shape index (κ1) is 14.7. The molecule has 0 radical (unpaired) electrons. The Kier molecular flexibility index (Phi) is 4.92. The summed E-state index contributed by atoms with van der Waals surface area (Å²) in [4.78, 5) is 16.2. The zero-order valence-electron chi connectivity index (χ0n) is 11.5. The number of rotatable bonds is 6. The van der Waals surface area contributed by atoms with E-state index in [2.05, 4.69) is 10.3 Å². The first-order chi connectivity index (χ1) is 9.61. The second-order valence-corrected chi connectivity index (χ2v) is 5.57. The van der Waals surface area contributed by atoms with E-state index in [0.29, 0.717) is 5.69 Å². The van der Waals surface area contributed by atoms with Crippen molar-refractivity contribution in [2.45, 2.75) is 26.4 Å². The van der Waals surface area contributed by atoms with Crippen LogP contribution >= 0.6 is 11.3 Å². The van der Waals surface area contributed by atoms with E-state index in [9.17, 15) is 9.90 Å². The number of aliphatic hydroxyl groups is 1. The van der Waals surface area contributed by atoms with Gasteiger partial charge < -0.3 is 14.8 Å². The van der Waals surface area contributed by atoms with E-state index < -0.39 is 6.10 Å². The van der Waals surface area contributed by atoms with Crippen LogP contribution in [0.15, 0.2) is 28.4 Å². The minimum atomic E-state index is -0.532. The Hall–Kier alpha value is -1.66. The topological polar surface area (TPSA) is 75.4 Å². The summed E-state index contributed by atoms with van der Waals surface area (Å²) in [6, 6.07) is 1.80. The van der Waals surface area contributed by atoms with E-state index >= 15 is 0 Å². The van der Waals surface area contributed by atoms with Gasteiger partial charge in [-0.2, -0.15) is 0 Å². The summed E-state index contributed by atoms with van der Waals surface area (Å²) in [5.74, 6) is -0.106. The van der Waals surface area contributed by atoms with Crippen LogP contribution in [0.3, 0.4) is 0 Å². The highest BCUT2D eigenvalue weighted by Crippen LogP contribution is 2.23. The first-order valence-corrected chi connectivity index (χ1v) is 7.44. The average Bonchev–Trinajstić information content (AvgIpc) is 3.12. The lowest BCUT2D eigenvalue weighted by Gasteiger charge is -2.17. The lowest BCUT2D eigenvalue weighted by Crippen LogP contribution is -2.35. The molecular weight excluding hydrogens is 276 g/mol. The molecule has 6 heteroatoms. The van der Waals surface area contributed by atoms with Crippen LogP contribution in [0.4, 0.5) is 0 Å². The number of hydrogen-bond donors (Lipinski definition) is 2. The lowest BCUT2D eigenvalue weighted by molar-refractivity contribution is 0.0846. The van der Waals surface area contributed by atoms with Crippen molar-refractivity contribution in [3.63, 3.8) is 0 Å². The number of hydrogen-bond acceptors (Lipinski definition) is 5. The van der Waals surface area contributed by atoms with Crippen molar-refractivity contribution < 1.29 is 14.3 Å². The number of aromatic nitrogens is 1. The van der Waals surface area contributed by atoms with E-state index in [-0.39, 0.29) is 18.4 Å². The summed E-state index contributed by atoms with van der Waals surface area (Å²) in [5, 5.41) is 15.0. The summed E-state index contributed by atoms with van der Waals surface area (Å²) in [5.41, 5.74) is 1.22. The molecule has 2 aromatic rings. The lowest BCUT2D eigenvalue weighted by atomic mass is 10.0. The minimum Gasteiger partial charge on any atom is -0.472 e. The van der Waals surface area contributed by atoms with Crippen LogP contribution in [0.2, 0.25) is 0 Å². The second kappa shape index (κ2) is 6.67.